The monoisotopic (exact) mass is 252 g/mol. The zero-order chi connectivity index (χ0) is 13.1. The van der Waals surface area contributed by atoms with Crippen molar-refractivity contribution in [3.8, 4) is 0 Å². The Labute approximate surface area is 112 Å². The SMILES string of the molecule is Cn1nccc1CNCc1ccc2cnccc2c1. The van der Waals surface area contributed by atoms with Crippen LogP contribution in [-0.4, -0.2) is 14.8 Å². The number of aromatic nitrogens is 3. The number of hydrogen-bond donors (Lipinski definition) is 1. The zero-order valence-corrected chi connectivity index (χ0v) is 10.9. The molecule has 0 aliphatic rings. The summed E-state index contributed by atoms with van der Waals surface area (Å²) in [7, 11) is 1.96. The molecule has 0 unspecified atom stereocenters. The van der Waals surface area contributed by atoms with Gasteiger partial charge >= 0.3 is 0 Å². The van der Waals surface area contributed by atoms with E-state index >= 15 is 0 Å². The summed E-state index contributed by atoms with van der Waals surface area (Å²) in [5.74, 6) is 0. The van der Waals surface area contributed by atoms with Gasteiger partial charge in [-0.25, -0.2) is 0 Å². The molecule has 0 spiro atoms. The summed E-state index contributed by atoms with van der Waals surface area (Å²) in [5.41, 5.74) is 2.46. The second-order valence-electron chi connectivity index (χ2n) is 4.61. The number of hydrogen-bond acceptors (Lipinski definition) is 3. The zero-order valence-electron chi connectivity index (χ0n) is 10.9. The number of pyridine rings is 1. The van der Waals surface area contributed by atoms with E-state index in [-0.39, 0.29) is 0 Å². The van der Waals surface area contributed by atoms with Gasteiger partial charge in [-0.05, 0) is 29.1 Å². The fraction of sp³-hybridized carbons (Fsp3) is 0.200. The fourth-order valence-electron chi connectivity index (χ4n) is 2.15. The molecule has 0 atom stereocenters. The van der Waals surface area contributed by atoms with Crippen molar-refractivity contribution in [2.45, 2.75) is 13.1 Å². The molecule has 19 heavy (non-hydrogen) atoms. The van der Waals surface area contributed by atoms with Crippen LogP contribution in [0.1, 0.15) is 11.3 Å². The first-order valence-corrected chi connectivity index (χ1v) is 6.33. The summed E-state index contributed by atoms with van der Waals surface area (Å²) in [6, 6.07) is 10.5. The van der Waals surface area contributed by atoms with Crippen LogP contribution in [0.2, 0.25) is 0 Å². The summed E-state index contributed by atoms with van der Waals surface area (Å²) in [6.45, 7) is 1.67. The minimum atomic E-state index is 0.824. The third-order valence-corrected chi connectivity index (χ3v) is 3.26. The molecule has 0 fully saturated rings. The average molecular weight is 252 g/mol. The lowest BCUT2D eigenvalue weighted by Crippen LogP contribution is -2.15. The second-order valence-corrected chi connectivity index (χ2v) is 4.61. The predicted molar refractivity (Wildman–Crippen MR) is 75.5 cm³/mol. The highest BCUT2D eigenvalue weighted by atomic mass is 15.3. The maximum Gasteiger partial charge on any atom is 0.0518 e. The molecule has 3 aromatic rings. The smallest absolute Gasteiger partial charge is 0.0518 e. The molecule has 0 aliphatic carbocycles. The molecular weight excluding hydrogens is 236 g/mol. The van der Waals surface area contributed by atoms with Gasteiger partial charge in [-0.2, -0.15) is 5.10 Å². The molecule has 3 rings (SSSR count). The first kappa shape index (κ1) is 11.9. The molecule has 96 valence electrons. The van der Waals surface area contributed by atoms with Crippen LogP contribution in [0.3, 0.4) is 0 Å². The lowest BCUT2D eigenvalue weighted by atomic mass is 10.1. The van der Waals surface area contributed by atoms with E-state index in [1.807, 2.05) is 42.5 Å². The van der Waals surface area contributed by atoms with Gasteiger partial charge in [0.1, 0.15) is 0 Å². The number of nitrogens with zero attached hydrogens (tertiary/aromatic N) is 3. The summed E-state index contributed by atoms with van der Waals surface area (Å²) < 4.78 is 1.89. The molecule has 2 aromatic heterocycles. The van der Waals surface area contributed by atoms with Gasteiger partial charge in [0, 0.05) is 44.1 Å². The van der Waals surface area contributed by atoms with Gasteiger partial charge in [0.15, 0.2) is 0 Å². The third-order valence-electron chi connectivity index (χ3n) is 3.26. The van der Waals surface area contributed by atoms with Crippen molar-refractivity contribution >= 4 is 10.8 Å². The highest BCUT2D eigenvalue weighted by Crippen LogP contribution is 2.14. The van der Waals surface area contributed by atoms with Crippen LogP contribution in [0, 0.1) is 0 Å². The van der Waals surface area contributed by atoms with Gasteiger partial charge < -0.3 is 5.32 Å². The van der Waals surface area contributed by atoms with Crippen molar-refractivity contribution in [3.63, 3.8) is 0 Å². The van der Waals surface area contributed by atoms with Crippen molar-refractivity contribution in [1.29, 1.82) is 0 Å². The van der Waals surface area contributed by atoms with Crippen LogP contribution in [0.15, 0.2) is 48.9 Å². The van der Waals surface area contributed by atoms with Crippen LogP contribution in [0.25, 0.3) is 10.8 Å². The Balaban J connectivity index is 1.67. The van der Waals surface area contributed by atoms with E-state index in [4.69, 9.17) is 0 Å². The number of rotatable bonds is 4. The molecule has 1 N–H and O–H groups in total. The molecule has 0 radical (unpaired) electrons. The van der Waals surface area contributed by atoms with Crippen LogP contribution in [0.4, 0.5) is 0 Å². The van der Waals surface area contributed by atoms with Crippen LogP contribution in [0.5, 0.6) is 0 Å². The molecular formula is C15H16N4. The molecule has 0 bridgehead atoms. The minimum Gasteiger partial charge on any atom is -0.307 e. The highest BCUT2D eigenvalue weighted by Gasteiger charge is 1.99. The Hall–Kier alpha value is -2.20. The van der Waals surface area contributed by atoms with Gasteiger partial charge in [-0.15, -0.1) is 0 Å². The van der Waals surface area contributed by atoms with E-state index in [9.17, 15) is 0 Å². The molecule has 0 saturated carbocycles. The number of nitrogens with one attached hydrogen (secondary N) is 1. The first-order valence-electron chi connectivity index (χ1n) is 6.33. The van der Waals surface area contributed by atoms with Gasteiger partial charge in [0.2, 0.25) is 0 Å². The van der Waals surface area contributed by atoms with Crippen molar-refractivity contribution in [2.75, 3.05) is 0 Å². The Bertz CT molecular complexity index is 687. The molecule has 1 aromatic carbocycles. The Morgan fingerprint density at radius 2 is 2.00 bits per heavy atom. The normalized spacial score (nSPS) is 11.0. The van der Waals surface area contributed by atoms with Gasteiger partial charge in [0.05, 0.1) is 5.69 Å². The van der Waals surface area contributed by atoms with Crippen LogP contribution in [-0.2, 0) is 20.1 Å². The second kappa shape index (κ2) is 5.20. The highest BCUT2D eigenvalue weighted by molar-refractivity contribution is 5.81. The number of aryl methyl sites for hydroxylation is 1. The molecule has 0 amide bonds. The van der Waals surface area contributed by atoms with Crippen molar-refractivity contribution in [2.24, 2.45) is 7.05 Å². The quantitative estimate of drug-likeness (QED) is 0.774. The van der Waals surface area contributed by atoms with Crippen molar-refractivity contribution < 1.29 is 0 Å². The minimum absolute atomic E-state index is 0.824. The lowest BCUT2D eigenvalue weighted by molar-refractivity contribution is 0.626. The van der Waals surface area contributed by atoms with E-state index in [0.29, 0.717) is 0 Å². The van der Waals surface area contributed by atoms with E-state index < -0.39 is 0 Å². The molecule has 2 heterocycles. The molecule has 4 heteroatoms. The maximum absolute atomic E-state index is 4.15. The van der Waals surface area contributed by atoms with Gasteiger partial charge in [-0.1, -0.05) is 12.1 Å². The van der Waals surface area contributed by atoms with Crippen LogP contribution >= 0.6 is 0 Å². The summed E-state index contributed by atoms with van der Waals surface area (Å²) in [4.78, 5) is 4.12. The molecule has 0 saturated heterocycles. The Morgan fingerprint density at radius 3 is 2.84 bits per heavy atom. The average Bonchev–Trinajstić information content (AvgIpc) is 2.84. The third kappa shape index (κ3) is 2.63. The lowest BCUT2D eigenvalue weighted by Gasteiger charge is -2.06. The largest absolute Gasteiger partial charge is 0.307 e. The van der Waals surface area contributed by atoms with Crippen molar-refractivity contribution in [1.82, 2.24) is 20.1 Å². The van der Waals surface area contributed by atoms with E-state index in [0.717, 1.165) is 13.1 Å². The van der Waals surface area contributed by atoms with Crippen LogP contribution < -0.4 is 5.32 Å². The predicted octanol–water partition coefficient (Wildman–Crippen LogP) is 2.26. The van der Waals surface area contributed by atoms with E-state index in [1.54, 1.807) is 0 Å². The topological polar surface area (TPSA) is 42.7 Å². The van der Waals surface area contributed by atoms with Gasteiger partial charge in [-0.3, -0.25) is 9.67 Å². The molecule has 4 nitrogen and oxygen atoms in total. The fourth-order valence-corrected chi connectivity index (χ4v) is 2.15. The van der Waals surface area contributed by atoms with Crippen molar-refractivity contribution in [3.05, 3.63) is 60.2 Å². The van der Waals surface area contributed by atoms with Gasteiger partial charge in [0.25, 0.3) is 0 Å². The Morgan fingerprint density at radius 1 is 1.05 bits per heavy atom. The summed E-state index contributed by atoms with van der Waals surface area (Å²) in [5, 5.41) is 10.00. The summed E-state index contributed by atoms with van der Waals surface area (Å²) in [6.07, 6.45) is 5.54. The van der Waals surface area contributed by atoms with E-state index in [1.165, 1.54) is 22.0 Å². The first-order chi connectivity index (χ1) is 9.33. The van der Waals surface area contributed by atoms with E-state index in [2.05, 4.69) is 33.6 Å². The molecule has 0 aliphatic heterocycles. The maximum atomic E-state index is 4.15. The number of benzene rings is 1. The number of fused-ring (bicyclic) bond motifs is 1. The summed E-state index contributed by atoms with van der Waals surface area (Å²) >= 11 is 0. The standard InChI is InChI=1S/C15H16N4/c1-19-15(5-7-18-19)11-17-9-12-2-3-14-10-16-6-4-13(14)8-12/h2-8,10,17H,9,11H2,1H3. The Kier molecular flexibility index (Phi) is 3.25.